The summed E-state index contributed by atoms with van der Waals surface area (Å²) in [6, 6.07) is 10.6. The number of nitrogens with one attached hydrogen (secondary N) is 2. The van der Waals surface area contributed by atoms with Crippen molar-refractivity contribution in [3.05, 3.63) is 59.9 Å². The smallest absolute Gasteiger partial charge is 0.191 e. The van der Waals surface area contributed by atoms with E-state index in [1.165, 1.54) is 11.3 Å². The highest BCUT2D eigenvalue weighted by atomic mass is 127. The van der Waals surface area contributed by atoms with Crippen LogP contribution in [0.5, 0.6) is 0 Å². The molecular weight excluding hydrogens is 427 g/mol. The molecule has 2 heterocycles. The van der Waals surface area contributed by atoms with E-state index in [0.717, 1.165) is 31.3 Å². The number of aromatic nitrogens is 2. The zero-order valence-corrected chi connectivity index (χ0v) is 17.0. The fourth-order valence-corrected chi connectivity index (χ4v) is 2.71. The van der Waals surface area contributed by atoms with Crippen molar-refractivity contribution < 1.29 is 0 Å². The van der Waals surface area contributed by atoms with Crippen molar-refractivity contribution in [2.75, 3.05) is 25.0 Å². The Morgan fingerprint density at radius 2 is 1.92 bits per heavy atom. The molecule has 0 saturated carbocycles. The molecule has 0 amide bonds. The van der Waals surface area contributed by atoms with Crippen LogP contribution < -0.4 is 15.5 Å². The Kier molecular flexibility index (Phi) is 7.30. The van der Waals surface area contributed by atoms with Crippen molar-refractivity contribution >= 4 is 35.6 Å². The zero-order chi connectivity index (χ0) is 16.8. The number of aryl methyl sites for hydroxylation is 1. The SMILES string of the molecule is CN=C(NCc1cccc(N2CC=CC2)c1)NCc1ccnn1C.I. The number of halogens is 1. The van der Waals surface area contributed by atoms with Gasteiger partial charge in [-0.05, 0) is 23.8 Å². The Hall–Kier alpha value is -2.03. The van der Waals surface area contributed by atoms with Crippen molar-refractivity contribution in [2.24, 2.45) is 12.0 Å². The molecule has 2 aromatic rings. The summed E-state index contributed by atoms with van der Waals surface area (Å²) in [5, 5.41) is 10.8. The van der Waals surface area contributed by atoms with Gasteiger partial charge in [0.25, 0.3) is 0 Å². The lowest BCUT2D eigenvalue weighted by molar-refractivity contribution is 0.684. The predicted octanol–water partition coefficient (Wildman–Crippen LogP) is 2.28. The first kappa shape index (κ1) is 19.3. The molecule has 2 N–H and O–H groups in total. The minimum Gasteiger partial charge on any atom is -0.364 e. The fourth-order valence-electron chi connectivity index (χ4n) is 2.71. The Balaban J connectivity index is 0.00000225. The summed E-state index contributed by atoms with van der Waals surface area (Å²) in [5.41, 5.74) is 3.61. The van der Waals surface area contributed by atoms with Crippen molar-refractivity contribution in [2.45, 2.75) is 13.1 Å². The van der Waals surface area contributed by atoms with Crippen LogP contribution in [0.15, 0.2) is 53.7 Å². The van der Waals surface area contributed by atoms with Crippen LogP contribution in [0.1, 0.15) is 11.3 Å². The standard InChI is InChI=1S/C18H24N6.HI/c1-19-18(21-14-17-8-9-22-23(17)2)20-13-15-6-5-7-16(12-15)24-10-3-4-11-24;/h3-9,12H,10-11,13-14H2,1-2H3,(H2,19,20,21);1H. The van der Waals surface area contributed by atoms with Crippen molar-refractivity contribution in [3.8, 4) is 0 Å². The normalized spacial score (nSPS) is 13.7. The predicted molar refractivity (Wildman–Crippen MR) is 113 cm³/mol. The van der Waals surface area contributed by atoms with Gasteiger partial charge in [0.15, 0.2) is 5.96 Å². The van der Waals surface area contributed by atoms with Gasteiger partial charge in [-0.25, -0.2) is 0 Å². The van der Waals surface area contributed by atoms with Gasteiger partial charge in [0.05, 0.1) is 12.2 Å². The number of hydrogen-bond acceptors (Lipinski definition) is 3. The molecule has 0 saturated heterocycles. The highest BCUT2D eigenvalue weighted by molar-refractivity contribution is 14.0. The maximum Gasteiger partial charge on any atom is 0.191 e. The van der Waals surface area contributed by atoms with Crippen LogP contribution in [-0.2, 0) is 20.1 Å². The summed E-state index contributed by atoms with van der Waals surface area (Å²) in [5.74, 6) is 0.782. The van der Waals surface area contributed by atoms with E-state index < -0.39 is 0 Å². The summed E-state index contributed by atoms with van der Waals surface area (Å²) < 4.78 is 1.85. The molecule has 0 bridgehead atoms. The number of aliphatic imine (C=N–C) groups is 1. The molecule has 1 aliphatic heterocycles. The highest BCUT2D eigenvalue weighted by Gasteiger charge is 2.08. The van der Waals surface area contributed by atoms with E-state index in [1.807, 2.05) is 17.8 Å². The lowest BCUT2D eigenvalue weighted by atomic mass is 10.2. The van der Waals surface area contributed by atoms with Crippen molar-refractivity contribution in [3.63, 3.8) is 0 Å². The van der Waals surface area contributed by atoms with Gasteiger partial charge in [-0.3, -0.25) is 9.67 Å². The lowest BCUT2D eigenvalue weighted by Gasteiger charge is -2.19. The highest BCUT2D eigenvalue weighted by Crippen LogP contribution is 2.18. The number of benzene rings is 1. The van der Waals surface area contributed by atoms with Gasteiger partial charge in [0, 0.05) is 45.6 Å². The Bertz CT molecular complexity index is 729. The average molecular weight is 452 g/mol. The van der Waals surface area contributed by atoms with E-state index in [0.29, 0.717) is 6.54 Å². The fraction of sp³-hybridized carbons (Fsp3) is 0.333. The largest absolute Gasteiger partial charge is 0.364 e. The summed E-state index contributed by atoms with van der Waals surface area (Å²) in [6.45, 7) is 3.41. The second-order valence-corrected chi connectivity index (χ2v) is 5.77. The number of nitrogens with zero attached hydrogens (tertiary/aromatic N) is 4. The van der Waals surface area contributed by atoms with Crippen LogP contribution in [0.4, 0.5) is 5.69 Å². The molecule has 134 valence electrons. The zero-order valence-electron chi connectivity index (χ0n) is 14.6. The van der Waals surface area contributed by atoms with Crippen LogP contribution in [0.3, 0.4) is 0 Å². The maximum atomic E-state index is 4.28. The lowest BCUT2D eigenvalue weighted by Crippen LogP contribution is -2.36. The molecule has 7 heteroatoms. The quantitative estimate of drug-likeness (QED) is 0.317. The summed E-state index contributed by atoms with van der Waals surface area (Å²) in [7, 11) is 3.72. The molecule has 6 nitrogen and oxygen atoms in total. The van der Waals surface area contributed by atoms with Crippen LogP contribution >= 0.6 is 24.0 Å². The Labute approximate surface area is 166 Å². The minimum absolute atomic E-state index is 0. The minimum atomic E-state index is 0. The molecule has 0 aliphatic carbocycles. The van der Waals surface area contributed by atoms with Crippen LogP contribution in [0.25, 0.3) is 0 Å². The summed E-state index contributed by atoms with van der Waals surface area (Å²) >= 11 is 0. The first-order chi connectivity index (χ1) is 11.8. The first-order valence-corrected chi connectivity index (χ1v) is 8.16. The van der Waals surface area contributed by atoms with Crippen molar-refractivity contribution in [1.29, 1.82) is 0 Å². The summed E-state index contributed by atoms with van der Waals surface area (Å²) in [4.78, 5) is 6.62. The molecular formula is C18H25IN6. The van der Waals surface area contributed by atoms with Gasteiger partial charge in [0.2, 0.25) is 0 Å². The van der Waals surface area contributed by atoms with E-state index in [2.05, 4.69) is 62.0 Å². The number of rotatable bonds is 5. The monoisotopic (exact) mass is 452 g/mol. The van der Waals surface area contributed by atoms with Crippen LogP contribution in [0, 0.1) is 0 Å². The second kappa shape index (κ2) is 9.45. The molecule has 0 radical (unpaired) electrons. The Morgan fingerprint density at radius 1 is 1.16 bits per heavy atom. The topological polar surface area (TPSA) is 57.5 Å². The van der Waals surface area contributed by atoms with Gasteiger partial charge in [-0.1, -0.05) is 24.3 Å². The van der Waals surface area contributed by atoms with E-state index in [9.17, 15) is 0 Å². The van der Waals surface area contributed by atoms with E-state index in [-0.39, 0.29) is 24.0 Å². The molecule has 1 aliphatic rings. The van der Waals surface area contributed by atoms with Gasteiger partial charge in [-0.15, -0.1) is 24.0 Å². The molecule has 0 atom stereocenters. The van der Waals surface area contributed by atoms with E-state index in [4.69, 9.17) is 0 Å². The van der Waals surface area contributed by atoms with E-state index in [1.54, 1.807) is 13.2 Å². The molecule has 0 unspecified atom stereocenters. The summed E-state index contributed by atoms with van der Waals surface area (Å²) in [6.07, 6.45) is 6.20. The number of guanidine groups is 1. The number of anilines is 1. The second-order valence-electron chi connectivity index (χ2n) is 5.77. The molecule has 1 aromatic carbocycles. The maximum absolute atomic E-state index is 4.28. The first-order valence-electron chi connectivity index (χ1n) is 8.16. The molecule has 3 rings (SSSR count). The van der Waals surface area contributed by atoms with E-state index >= 15 is 0 Å². The Morgan fingerprint density at radius 3 is 2.60 bits per heavy atom. The third kappa shape index (κ3) is 5.22. The molecule has 0 fully saturated rings. The molecule has 0 spiro atoms. The van der Waals surface area contributed by atoms with Gasteiger partial charge in [-0.2, -0.15) is 5.10 Å². The molecule has 25 heavy (non-hydrogen) atoms. The van der Waals surface area contributed by atoms with Gasteiger partial charge in [0.1, 0.15) is 0 Å². The molecule has 1 aromatic heterocycles. The van der Waals surface area contributed by atoms with Crippen LogP contribution in [0.2, 0.25) is 0 Å². The van der Waals surface area contributed by atoms with Crippen molar-refractivity contribution in [1.82, 2.24) is 20.4 Å². The average Bonchev–Trinajstić information content (AvgIpc) is 3.27. The van der Waals surface area contributed by atoms with Gasteiger partial charge >= 0.3 is 0 Å². The third-order valence-corrected chi connectivity index (χ3v) is 4.14. The number of hydrogen-bond donors (Lipinski definition) is 2. The van der Waals surface area contributed by atoms with Crippen LogP contribution in [-0.4, -0.2) is 35.9 Å². The van der Waals surface area contributed by atoms with Gasteiger partial charge < -0.3 is 15.5 Å². The third-order valence-electron chi connectivity index (χ3n) is 4.14.